The molecule has 0 amide bonds. The maximum Gasteiger partial charge on any atom is 0.0769 e. The lowest BCUT2D eigenvalue weighted by Gasteiger charge is -2.33. The van der Waals surface area contributed by atoms with Gasteiger partial charge in [0.05, 0.1) is 5.69 Å². The molecule has 2 rings (SSSR count). The largest absolute Gasteiger partial charge is 0.328 e. The summed E-state index contributed by atoms with van der Waals surface area (Å²) in [5, 5.41) is 11.2. The van der Waals surface area contributed by atoms with Gasteiger partial charge in [-0.25, -0.2) is 0 Å². The summed E-state index contributed by atoms with van der Waals surface area (Å²) in [6.45, 7) is 0.797. The zero-order chi connectivity index (χ0) is 9.10. The number of hydrogen-bond acceptors (Lipinski definition) is 4. The molecule has 1 fully saturated rings. The highest BCUT2D eigenvalue weighted by Crippen LogP contribution is 2.17. The van der Waals surface area contributed by atoms with Gasteiger partial charge >= 0.3 is 0 Å². The van der Waals surface area contributed by atoms with E-state index < -0.39 is 0 Å². The predicted molar refractivity (Wildman–Crippen MR) is 49.9 cm³/mol. The molecular formula is C9H14N4. The molecule has 1 heterocycles. The highest BCUT2D eigenvalue weighted by atomic mass is 15.1. The molecule has 70 valence electrons. The molecule has 3 N–H and O–H groups in total. The summed E-state index contributed by atoms with van der Waals surface area (Å²) in [5.74, 6) is 0. The van der Waals surface area contributed by atoms with Gasteiger partial charge in [-0.2, -0.15) is 10.2 Å². The van der Waals surface area contributed by atoms with Crippen LogP contribution in [0.25, 0.3) is 0 Å². The minimum Gasteiger partial charge on any atom is -0.328 e. The Morgan fingerprint density at radius 1 is 1.54 bits per heavy atom. The SMILES string of the molecule is NC1CC(NCc2cccnn2)C1. The van der Waals surface area contributed by atoms with E-state index >= 15 is 0 Å². The van der Waals surface area contributed by atoms with Crippen LogP contribution in [0.5, 0.6) is 0 Å². The number of aromatic nitrogens is 2. The third kappa shape index (κ3) is 2.23. The summed E-state index contributed by atoms with van der Waals surface area (Å²) in [6, 6.07) is 4.85. The highest BCUT2D eigenvalue weighted by Gasteiger charge is 2.24. The second-order valence-corrected chi connectivity index (χ2v) is 3.52. The summed E-state index contributed by atoms with van der Waals surface area (Å²) >= 11 is 0. The van der Waals surface area contributed by atoms with Crippen LogP contribution in [0.2, 0.25) is 0 Å². The lowest BCUT2D eigenvalue weighted by molar-refractivity contribution is 0.289. The van der Waals surface area contributed by atoms with Gasteiger partial charge < -0.3 is 11.1 Å². The molecule has 0 aliphatic heterocycles. The van der Waals surface area contributed by atoms with Crippen molar-refractivity contribution in [1.29, 1.82) is 0 Å². The maximum atomic E-state index is 5.67. The monoisotopic (exact) mass is 178 g/mol. The molecule has 0 radical (unpaired) electrons. The minimum absolute atomic E-state index is 0.402. The van der Waals surface area contributed by atoms with Gasteiger partial charge in [-0.3, -0.25) is 0 Å². The van der Waals surface area contributed by atoms with Crippen molar-refractivity contribution in [3.05, 3.63) is 24.0 Å². The molecule has 0 unspecified atom stereocenters. The molecule has 0 bridgehead atoms. The van der Waals surface area contributed by atoms with Gasteiger partial charge in [0.2, 0.25) is 0 Å². The molecule has 1 aliphatic rings. The molecule has 0 spiro atoms. The first-order valence-electron chi connectivity index (χ1n) is 4.60. The van der Waals surface area contributed by atoms with Crippen LogP contribution in [0.4, 0.5) is 0 Å². The smallest absolute Gasteiger partial charge is 0.0769 e. The van der Waals surface area contributed by atoms with Gasteiger partial charge in [0.25, 0.3) is 0 Å². The number of hydrogen-bond donors (Lipinski definition) is 2. The Balaban J connectivity index is 1.74. The molecule has 1 aromatic rings. The molecule has 0 saturated heterocycles. The van der Waals surface area contributed by atoms with Crippen molar-refractivity contribution in [2.45, 2.75) is 31.5 Å². The van der Waals surface area contributed by atoms with Gasteiger partial charge in [-0.05, 0) is 25.0 Å². The van der Waals surface area contributed by atoms with Crippen molar-refractivity contribution < 1.29 is 0 Å². The molecule has 1 aromatic heterocycles. The standard InChI is InChI=1S/C9H14N4/c10-7-4-9(5-7)11-6-8-2-1-3-12-13-8/h1-3,7,9,11H,4-6,10H2. The molecule has 4 nitrogen and oxygen atoms in total. The highest BCUT2D eigenvalue weighted by molar-refractivity contribution is 4.99. The van der Waals surface area contributed by atoms with Crippen molar-refractivity contribution in [2.75, 3.05) is 0 Å². The first-order chi connectivity index (χ1) is 6.34. The normalized spacial score (nSPS) is 26.8. The molecule has 4 heteroatoms. The Hall–Kier alpha value is -1.00. The average Bonchev–Trinajstić information content (AvgIpc) is 2.12. The van der Waals surface area contributed by atoms with Gasteiger partial charge in [-0.1, -0.05) is 0 Å². The predicted octanol–water partition coefficient (Wildman–Crippen LogP) is 0.0559. The molecule has 0 aromatic carbocycles. The van der Waals surface area contributed by atoms with Crippen LogP contribution in [0.3, 0.4) is 0 Å². The average molecular weight is 178 g/mol. The van der Waals surface area contributed by atoms with E-state index in [1.54, 1.807) is 6.20 Å². The topological polar surface area (TPSA) is 63.8 Å². The third-order valence-electron chi connectivity index (χ3n) is 2.37. The fraction of sp³-hybridized carbons (Fsp3) is 0.556. The summed E-state index contributed by atoms with van der Waals surface area (Å²) in [5.41, 5.74) is 6.66. The molecule has 13 heavy (non-hydrogen) atoms. The second kappa shape index (κ2) is 3.81. The number of nitrogens with two attached hydrogens (primary N) is 1. The van der Waals surface area contributed by atoms with Crippen LogP contribution >= 0.6 is 0 Å². The number of nitrogens with zero attached hydrogens (tertiary/aromatic N) is 2. The summed E-state index contributed by atoms with van der Waals surface area (Å²) in [4.78, 5) is 0. The van der Waals surface area contributed by atoms with E-state index in [0.717, 1.165) is 25.1 Å². The summed E-state index contributed by atoms with van der Waals surface area (Å²) < 4.78 is 0. The van der Waals surface area contributed by atoms with E-state index in [0.29, 0.717) is 12.1 Å². The van der Waals surface area contributed by atoms with Gasteiger partial charge in [0.1, 0.15) is 0 Å². The summed E-state index contributed by atoms with van der Waals surface area (Å²) in [6.07, 6.45) is 3.85. The lowest BCUT2D eigenvalue weighted by Crippen LogP contribution is -2.48. The van der Waals surface area contributed by atoms with E-state index in [1.807, 2.05) is 12.1 Å². The summed E-state index contributed by atoms with van der Waals surface area (Å²) in [7, 11) is 0. The van der Waals surface area contributed by atoms with E-state index in [9.17, 15) is 0 Å². The van der Waals surface area contributed by atoms with Crippen LogP contribution in [0, 0.1) is 0 Å². The van der Waals surface area contributed by atoms with E-state index in [4.69, 9.17) is 5.73 Å². The minimum atomic E-state index is 0.402. The van der Waals surface area contributed by atoms with Crippen molar-refractivity contribution in [2.24, 2.45) is 5.73 Å². The lowest BCUT2D eigenvalue weighted by atomic mass is 9.88. The Morgan fingerprint density at radius 3 is 3.00 bits per heavy atom. The molecule has 1 saturated carbocycles. The Bertz CT molecular complexity index is 256. The van der Waals surface area contributed by atoms with Crippen molar-refractivity contribution in [3.8, 4) is 0 Å². The van der Waals surface area contributed by atoms with E-state index in [-0.39, 0.29) is 0 Å². The zero-order valence-corrected chi connectivity index (χ0v) is 7.48. The van der Waals surface area contributed by atoms with E-state index in [1.165, 1.54) is 0 Å². The van der Waals surface area contributed by atoms with Gasteiger partial charge in [0.15, 0.2) is 0 Å². The van der Waals surface area contributed by atoms with Crippen LogP contribution < -0.4 is 11.1 Å². The molecule has 0 atom stereocenters. The van der Waals surface area contributed by atoms with Gasteiger partial charge in [0, 0.05) is 24.8 Å². The van der Waals surface area contributed by atoms with E-state index in [2.05, 4.69) is 15.5 Å². The van der Waals surface area contributed by atoms with Crippen molar-refractivity contribution in [1.82, 2.24) is 15.5 Å². The van der Waals surface area contributed by atoms with Crippen LogP contribution in [-0.2, 0) is 6.54 Å². The number of rotatable bonds is 3. The van der Waals surface area contributed by atoms with Crippen molar-refractivity contribution >= 4 is 0 Å². The quantitative estimate of drug-likeness (QED) is 0.686. The first-order valence-corrected chi connectivity index (χ1v) is 4.60. The van der Waals surface area contributed by atoms with Gasteiger partial charge in [-0.15, -0.1) is 0 Å². The van der Waals surface area contributed by atoms with Crippen LogP contribution in [0.15, 0.2) is 18.3 Å². The Labute approximate surface area is 77.5 Å². The first kappa shape index (κ1) is 8.59. The molecular weight excluding hydrogens is 164 g/mol. The number of nitrogens with one attached hydrogen (secondary N) is 1. The van der Waals surface area contributed by atoms with Crippen LogP contribution in [0.1, 0.15) is 18.5 Å². The van der Waals surface area contributed by atoms with Crippen LogP contribution in [-0.4, -0.2) is 22.3 Å². The third-order valence-corrected chi connectivity index (χ3v) is 2.37. The molecule has 1 aliphatic carbocycles. The fourth-order valence-electron chi connectivity index (χ4n) is 1.51. The zero-order valence-electron chi connectivity index (χ0n) is 7.48. The second-order valence-electron chi connectivity index (χ2n) is 3.52. The Kier molecular flexibility index (Phi) is 2.52. The Morgan fingerprint density at radius 2 is 2.38 bits per heavy atom. The van der Waals surface area contributed by atoms with Crippen molar-refractivity contribution in [3.63, 3.8) is 0 Å². The fourth-order valence-corrected chi connectivity index (χ4v) is 1.51. The maximum absolute atomic E-state index is 5.67.